The van der Waals surface area contributed by atoms with Gasteiger partial charge in [-0.15, -0.1) is 0 Å². The molecule has 1 rings (SSSR count). The Hall–Kier alpha value is -0.676. The molecule has 1 aliphatic rings. The third-order valence-corrected chi connectivity index (χ3v) is 1.80. The molecule has 0 aromatic rings. The number of carbonyl (C=O) groups is 4. The van der Waals surface area contributed by atoms with Gasteiger partial charge in [0.1, 0.15) is 0 Å². The van der Waals surface area contributed by atoms with E-state index in [1.165, 1.54) is 6.92 Å². The summed E-state index contributed by atoms with van der Waals surface area (Å²) >= 11 is 0. The summed E-state index contributed by atoms with van der Waals surface area (Å²) in [7, 11) is 0. The molecule has 1 fully saturated rings. The van der Waals surface area contributed by atoms with Crippen LogP contribution in [0.4, 0.5) is 0 Å². The van der Waals surface area contributed by atoms with Gasteiger partial charge in [-0.1, -0.05) is 6.92 Å². The van der Waals surface area contributed by atoms with Crippen LogP contribution in [-0.2, 0) is 51.9 Å². The van der Waals surface area contributed by atoms with E-state index in [1.54, 1.807) is 6.92 Å². The zero-order chi connectivity index (χ0) is 12.9. The van der Waals surface area contributed by atoms with Gasteiger partial charge in [-0.25, -0.2) is 0 Å². The van der Waals surface area contributed by atoms with Gasteiger partial charge in [0.2, 0.25) is 11.8 Å². The van der Waals surface area contributed by atoms with Gasteiger partial charge in [-0.05, 0) is 12.7 Å². The minimum atomic E-state index is -0.411. The number of imide groups is 1. The van der Waals surface area contributed by atoms with Gasteiger partial charge in [-0.3, -0.25) is 14.5 Å². The number of hydrogen-bond donors (Lipinski definition) is 0. The molecule has 1 atom stereocenters. The topological polar surface area (TPSA) is 71.5 Å². The molecule has 1 heterocycles. The van der Waals surface area contributed by atoms with Gasteiger partial charge in [0.15, 0.2) is 0 Å². The van der Waals surface area contributed by atoms with E-state index in [4.69, 9.17) is 0 Å². The van der Waals surface area contributed by atoms with Crippen LogP contribution in [0.5, 0.6) is 0 Å². The molecule has 0 aliphatic carbocycles. The minimum Gasteiger partial charge on any atom is -0.340 e. The van der Waals surface area contributed by atoms with E-state index in [1.807, 2.05) is 0 Å². The standard InChI is InChI=1S/C8H10NO3.C3H5O.Y/c1-5-3-7(11)9(8(5)12)4-6(2)10;1-3(2)4;/h5H,2-4H2,1H3;1H2,2H3;/q2*-1;. The van der Waals surface area contributed by atoms with Crippen LogP contribution in [0.25, 0.3) is 0 Å². The Morgan fingerprint density at radius 1 is 1.35 bits per heavy atom. The van der Waals surface area contributed by atoms with Crippen molar-refractivity contribution in [3.05, 3.63) is 13.8 Å². The third-order valence-electron chi connectivity index (χ3n) is 1.80. The Morgan fingerprint density at radius 2 is 1.76 bits per heavy atom. The smallest absolute Gasteiger partial charge is 0.232 e. The van der Waals surface area contributed by atoms with Crippen LogP contribution in [0.3, 0.4) is 0 Å². The average molecular weight is 314 g/mol. The third kappa shape index (κ3) is 7.29. The van der Waals surface area contributed by atoms with Crippen LogP contribution >= 0.6 is 0 Å². The summed E-state index contributed by atoms with van der Waals surface area (Å²) in [5.41, 5.74) is 0. The van der Waals surface area contributed by atoms with Crippen molar-refractivity contribution in [2.75, 3.05) is 6.54 Å². The van der Waals surface area contributed by atoms with E-state index in [9.17, 15) is 19.2 Å². The quantitative estimate of drug-likeness (QED) is 0.539. The fourth-order valence-corrected chi connectivity index (χ4v) is 1.19. The first kappa shape index (κ1) is 18.7. The van der Waals surface area contributed by atoms with Crippen molar-refractivity contribution in [3.63, 3.8) is 0 Å². The van der Waals surface area contributed by atoms with Crippen LogP contribution in [0, 0.1) is 19.8 Å². The number of nitrogens with zero attached hydrogens (tertiary/aromatic N) is 1. The Bertz CT molecular complexity index is 323. The Kier molecular flexibility index (Phi) is 9.25. The molecular formula is C11H15NO4Y-2. The van der Waals surface area contributed by atoms with Gasteiger partial charge in [0.25, 0.3) is 0 Å². The summed E-state index contributed by atoms with van der Waals surface area (Å²) in [4.78, 5) is 43.1. The van der Waals surface area contributed by atoms with Crippen molar-refractivity contribution in [2.45, 2.75) is 20.3 Å². The molecule has 1 aliphatic heterocycles. The summed E-state index contributed by atoms with van der Waals surface area (Å²) in [5, 5.41) is 0. The maximum atomic E-state index is 11.2. The van der Waals surface area contributed by atoms with Gasteiger partial charge in [-0.2, -0.15) is 0 Å². The average Bonchev–Trinajstić information content (AvgIpc) is 2.31. The molecule has 1 radical (unpaired) electrons. The monoisotopic (exact) mass is 314 g/mol. The van der Waals surface area contributed by atoms with E-state index in [0.29, 0.717) is 0 Å². The fraction of sp³-hybridized carbons (Fsp3) is 0.455. The Labute approximate surface area is 126 Å². The number of carbonyl (C=O) groups excluding carboxylic acids is 4. The summed E-state index contributed by atoms with van der Waals surface area (Å²) in [6, 6.07) is 0. The number of ketones is 2. The van der Waals surface area contributed by atoms with Crippen molar-refractivity contribution >= 4 is 23.4 Å². The first-order valence-electron chi connectivity index (χ1n) is 4.77. The second-order valence-electron chi connectivity index (χ2n) is 3.66. The zero-order valence-corrected chi connectivity index (χ0v) is 12.9. The molecule has 0 aromatic carbocycles. The molecule has 0 N–H and O–H groups in total. The summed E-state index contributed by atoms with van der Waals surface area (Å²) < 4.78 is 0. The Balaban J connectivity index is 0. The maximum absolute atomic E-state index is 11.2. The van der Waals surface area contributed by atoms with Crippen molar-refractivity contribution in [3.8, 4) is 0 Å². The van der Waals surface area contributed by atoms with Crippen molar-refractivity contribution in [1.29, 1.82) is 0 Å². The summed E-state index contributed by atoms with van der Waals surface area (Å²) in [6.45, 7) is 9.02. The minimum absolute atomic E-state index is 0. The van der Waals surface area contributed by atoms with E-state index in [-0.39, 0.29) is 69.2 Å². The number of amides is 2. The van der Waals surface area contributed by atoms with Crippen molar-refractivity contribution in [1.82, 2.24) is 4.90 Å². The van der Waals surface area contributed by atoms with E-state index >= 15 is 0 Å². The molecule has 2 amide bonds. The summed E-state index contributed by atoms with van der Waals surface area (Å²) in [6.07, 6.45) is 0.214. The van der Waals surface area contributed by atoms with E-state index in [0.717, 1.165) is 4.90 Å². The molecular weight excluding hydrogens is 299 g/mol. The number of Topliss-reactive ketones (excluding diaryl/α,β-unsaturated/α-hetero) is 2. The van der Waals surface area contributed by atoms with E-state index < -0.39 is 5.78 Å². The predicted molar refractivity (Wildman–Crippen MR) is 56.9 cm³/mol. The number of likely N-dealkylation sites (tertiary alicyclic amines) is 1. The molecule has 0 saturated carbocycles. The number of rotatable bonds is 2. The molecule has 93 valence electrons. The largest absolute Gasteiger partial charge is 0.340 e. The molecule has 1 saturated heterocycles. The molecule has 1 unspecified atom stereocenters. The van der Waals surface area contributed by atoms with Gasteiger partial charge < -0.3 is 23.4 Å². The SMILES string of the molecule is [CH2-]C(=O)CN1C(=O)CC(C)C1=O.[CH2-]C(C)=O.[Y]. The van der Waals surface area contributed by atoms with Crippen LogP contribution in [0.2, 0.25) is 0 Å². The van der Waals surface area contributed by atoms with Crippen LogP contribution in [-0.4, -0.2) is 34.8 Å². The van der Waals surface area contributed by atoms with E-state index in [2.05, 4.69) is 13.8 Å². The van der Waals surface area contributed by atoms with Crippen LogP contribution in [0.1, 0.15) is 20.3 Å². The molecule has 5 nitrogen and oxygen atoms in total. The first-order chi connectivity index (χ1) is 7.25. The van der Waals surface area contributed by atoms with Gasteiger partial charge in [0, 0.05) is 50.8 Å². The second kappa shape index (κ2) is 8.42. The van der Waals surface area contributed by atoms with Crippen LogP contribution in [0.15, 0.2) is 0 Å². The van der Waals surface area contributed by atoms with Gasteiger partial charge in [0.05, 0.1) is 6.54 Å². The van der Waals surface area contributed by atoms with Gasteiger partial charge >= 0.3 is 0 Å². The van der Waals surface area contributed by atoms with Crippen molar-refractivity contribution in [2.24, 2.45) is 5.92 Å². The normalized spacial score (nSPS) is 18.0. The fourth-order valence-electron chi connectivity index (χ4n) is 1.19. The maximum Gasteiger partial charge on any atom is 0.232 e. The number of hydrogen-bond acceptors (Lipinski definition) is 4. The zero-order valence-electron chi connectivity index (χ0n) is 10.1. The molecule has 0 bridgehead atoms. The molecule has 17 heavy (non-hydrogen) atoms. The Morgan fingerprint density at radius 3 is 2.00 bits per heavy atom. The predicted octanol–water partition coefficient (Wildman–Crippen LogP) is 0.192. The van der Waals surface area contributed by atoms with Crippen molar-refractivity contribution < 1.29 is 51.9 Å². The first-order valence-corrected chi connectivity index (χ1v) is 4.77. The second-order valence-corrected chi connectivity index (χ2v) is 3.66. The molecule has 6 heteroatoms. The summed E-state index contributed by atoms with van der Waals surface area (Å²) in [5.74, 6) is -1.32. The molecule has 0 aromatic heterocycles. The van der Waals surface area contributed by atoms with Crippen LogP contribution < -0.4 is 0 Å². The molecule has 0 spiro atoms.